The van der Waals surface area contributed by atoms with Crippen molar-refractivity contribution in [2.24, 2.45) is 0 Å². The van der Waals surface area contributed by atoms with Crippen molar-refractivity contribution in [3.8, 4) is 5.75 Å². The van der Waals surface area contributed by atoms with Gasteiger partial charge in [0, 0.05) is 16.1 Å². The van der Waals surface area contributed by atoms with Crippen LogP contribution in [0.15, 0.2) is 40.9 Å². The molecule has 5 heteroatoms. The number of hydrogen-bond donors (Lipinski definition) is 1. The molecule has 0 aliphatic rings. The molecular formula is C15H14BrClFNO. The molecule has 0 fully saturated rings. The summed E-state index contributed by atoms with van der Waals surface area (Å²) in [7, 11) is 3.29. The van der Waals surface area contributed by atoms with Crippen molar-refractivity contribution in [2.45, 2.75) is 6.04 Å². The lowest BCUT2D eigenvalue weighted by molar-refractivity contribution is 0.410. The molecule has 0 radical (unpaired) electrons. The molecule has 2 rings (SSSR count). The molecule has 2 aromatic carbocycles. The molecular weight excluding hydrogens is 345 g/mol. The van der Waals surface area contributed by atoms with Crippen LogP contribution in [-0.4, -0.2) is 14.2 Å². The average Bonchev–Trinajstić information content (AvgIpc) is 2.45. The Morgan fingerprint density at radius 1 is 1.25 bits per heavy atom. The van der Waals surface area contributed by atoms with Gasteiger partial charge in [0.2, 0.25) is 0 Å². The van der Waals surface area contributed by atoms with Crippen molar-refractivity contribution in [3.63, 3.8) is 0 Å². The monoisotopic (exact) mass is 357 g/mol. The minimum Gasteiger partial charge on any atom is -0.497 e. The fraction of sp³-hybridized carbons (Fsp3) is 0.200. The highest BCUT2D eigenvalue weighted by Gasteiger charge is 2.17. The van der Waals surface area contributed by atoms with E-state index in [9.17, 15) is 4.39 Å². The Bertz CT molecular complexity index is 621. The number of ether oxygens (including phenoxy) is 1. The SMILES string of the molecule is CNC(c1ccc(Br)c(Cl)c1)c1ccc(OC)cc1F. The van der Waals surface area contributed by atoms with Crippen molar-refractivity contribution < 1.29 is 9.13 Å². The fourth-order valence-electron chi connectivity index (χ4n) is 2.06. The summed E-state index contributed by atoms with van der Waals surface area (Å²) in [4.78, 5) is 0. The Hall–Kier alpha value is -1.10. The fourth-order valence-corrected chi connectivity index (χ4v) is 2.50. The number of benzene rings is 2. The molecule has 0 aromatic heterocycles. The van der Waals surface area contributed by atoms with E-state index in [1.807, 2.05) is 18.2 Å². The van der Waals surface area contributed by atoms with E-state index in [0.29, 0.717) is 16.3 Å². The zero-order chi connectivity index (χ0) is 14.7. The first kappa shape index (κ1) is 15.3. The van der Waals surface area contributed by atoms with Gasteiger partial charge in [0.15, 0.2) is 0 Å². The topological polar surface area (TPSA) is 21.3 Å². The minimum atomic E-state index is -0.317. The molecule has 0 aliphatic heterocycles. The Labute approximate surface area is 131 Å². The van der Waals surface area contributed by atoms with Crippen LogP contribution >= 0.6 is 27.5 Å². The van der Waals surface area contributed by atoms with Crippen molar-refractivity contribution in [3.05, 3.63) is 62.8 Å². The summed E-state index contributed by atoms with van der Waals surface area (Å²) >= 11 is 9.45. The lowest BCUT2D eigenvalue weighted by Gasteiger charge is -2.19. The van der Waals surface area contributed by atoms with Crippen LogP contribution in [0, 0.1) is 5.82 Å². The number of hydrogen-bond acceptors (Lipinski definition) is 2. The van der Waals surface area contributed by atoms with Crippen molar-refractivity contribution in [2.75, 3.05) is 14.2 Å². The molecule has 1 unspecified atom stereocenters. The summed E-state index contributed by atoms with van der Waals surface area (Å²) < 4.78 is 20.0. The van der Waals surface area contributed by atoms with Crippen LogP contribution in [0.4, 0.5) is 4.39 Å². The molecule has 2 nitrogen and oxygen atoms in total. The third-order valence-corrected chi connectivity index (χ3v) is 4.32. The van der Waals surface area contributed by atoms with Gasteiger partial charge in [-0.05, 0) is 46.7 Å². The highest BCUT2D eigenvalue weighted by atomic mass is 79.9. The molecule has 0 saturated heterocycles. The van der Waals surface area contributed by atoms with Crippen LogP contribution in [0.2, 0.25) is 5.02 Å². The van der Waals surface area contributed by atoms with Crippen molar-refractivity contribution >= 4 is 27.5 Å². The molecule has 0 aliphatic carbocycles. The first-order valence-corrected chi connectivity index (χ1v) is 7.19. The molecule has 0 saturated carbocycles. The second-order valence-electron chi connectivity index (χ2n) is 4.28. The van der Waals surface area contributed by atoms with Gasteiger partial charge in [0.05, 0.1) is 18.2 Å². The van der Waals surface area contributed by atoms with E-state index < -0.39 is 0 Å². The minimum absolute atomic E-state index is 0.272. The Kier molecular flexibility index (Phi) is 5.02. The summed E-state index contributed by atoms with van der Waals surface area (Å²) in [5, 5.41) is 3.70. The van der Waals surface area contributed by atoms with Crippen LogP contribution in [0.25, 0.3) is 0 Å². The third-order valence-electron chi connectivity index (χ3n) is 3.08. The summed E-state index contributed by atoms with van der Waals surface area (Å²) in [5.41, 5.74) is 1.44. The predicted octanol–water partition coefficient (Wildman–Crippen LogP) is 4.56. The van der Waals surface area contributed by atoms with Crippen molar-refractivity contribution in [1.82, 2.24) is 5.32 Å². The normalized spacial score (nSPS) is 12.2. The van der Waals surface area contributed by atoms with Gasteiger partial charge in [0.25, 0.3) is 0 Å². The molecule has 20 heavy (non-hydrogen) atoms. The molecule has 1 atom stereocenters. The molecule has 106 valence electrons. The quantitative estimate of drug-likeness (QED) is 0.865. The van der Waals surface area contributed by atoms with Gasteiger partial charge >= 0.3 is 0 Å². The van der Waals surface area contributed by atoms with Crippen LogP contribution in [0.5, 0.6) is 5.75 Å². The molecule has 2 aromatic rings. The standard InChI is InChI=1S/C15H14BrClFNO/c1-19-15(9-3-6-12(16)13(17)7-9)11-5-4-10(20-2)8-14(11)18/h3-8,15,19H,1-2H3. The van der Waals surface area contributed by atoms with Gasteiger partial charge in [-0.2, -0.15) is 0 Å². The highest BCUT2D eigenvalue weighted by molar-refractivity contribution is 9.10. The van der Waals surface area contributed by atoms with E-state index in [1.54, 1.807) is 19.2 Å². The molecule has 1 N–H and O–H groups in total. The van der Waals surface area contributed by atoms with Crippen LogP contribution in [0.3, 0.4) is 0 Å². The Morgan fingerprint density at radius 2 is 2.00 bits per heavy atom. The molecule has 0 amide bonds. The smallest absolute Gasteiger partial charge is 0.132 e. The number of nitrogens with one attached hydrogen (secondary N) is 1. The lowest BCUT2D eigenvalue weighted by Crippen LogP contribution is -2.19. The van der Waals surface area contributed by atoms with Crippen molar-refractivity contribution in [1.29, 1.82) is 0 Å². The first-order chi connectivity index (χ1) is 9.56. The van der Waals surface area contributed by atoms with E-state index in [-0.39, 0.29) is 11.9 Å². The number of halogens is 3. The van der Waals surface area contributed by atoms with E-state index in [4.69, 9.17) is 16.3 Å². The van der Waals surface area contributed by atoms with Gasteiger partial charge in [-0.1, -0.05) is 23.7 Å². The van der Waals surface area contributed by atoms with E-state index in [0.717, 1.165) is 10.0 Å². The van der Waals surface area contributed by atoms with Gasteiger partial charge < -0.3 is 10.1 Å². The maximum absolute atomic E-state index is 14.2. The largest absolute Gasteiger partial charge is 0.497 e. The first-order valence-electron chi connectivity index (χ1n) is 6.02. The van der Waals surface area contributed by atoms with Crippen LogP contribution < -0.4 is 10.1 Å². The maximum Gasteiger partial charge on any atom is 0.132 e. The summed E-state index contributed by atoms with van der Waals surface area (Å²) in [5.74, 6) is 0.178. The molecule has 0 spiro atoms. The van der Waals surface area contributed by atoms with Crippen LogP contribution in [0.1, 0.15) is 17.2 Å². The van der Waals surface area contributed by atoms with Gasteiger partial charge in [-0.25, -0.2) is 4.39 Å². The van der Waals surface area contributed by atoms with E-state index in [1.165, 1.54) is 13.2 Å². The second-order valence-corrected chi connectivity index (χ2v) is 5.54. The van der Waals surface area contributed by atoms with E-state index >= 15 is 0 Å². The average molecular weight is 359 g/mol. The van der Waals surface area contributed by atoms with Crippen LogP contribution in [-0.2, 0) is 0 Å². The lowest BCUT2D eigenvalue weighted by atomic mass is 9.98. The van der Waals surface area contributed by atoms with Gasteiger partial charge in [-0.15, -0.1) is 0 Å². The summed E-state index contributed by atoms with van der Waals surface area (Å²) in [6, 6.07) is 10.1. The summed E-state index contributed by atoms with van der Waals surface area (Å²) in [6.45, 7) is 0. The second kappa shape index (κ2) is 6.57. The molecule has 0 bridgehead atoms. The maximum atomic E-state index is 14.2. The third kappa shape index (κ3) is 3.14. The zero-order valence-corrected chi connectivity index (χ0v) is 13.4. The van der Waals surface area contributed by atoms with E-state index in [2.05, 4.69) is 21.2 Å². The number of methoxy groups -OCH3 is 1. The highest BCUT2D eigenvalue weighted by Crippen LogP contribution is 2.31. The summed E-state index contributed by atoms with van der Waals surface area (Å²) in [6.07, 6.45) is 0. The number of rotatable bonds is 4. The van der Waals surface area contributed by atoms with Gasteiger partial charge in [0.1, 0.15) is 11.6 Å². The molecule has 0 heterocycles. The van der Waals surface area contributed by atoms with Gasteiger partial charge in [-0.3, -0.25) is 0 Å². The Balaban J connectivity index is 2.43. The zero-order valence-electron chi connectivity index (χ0n) is 11.1. The Morgan fingerprint density at radius 3 is 2.55 bits per heavy atom. The predicted molar refractivity (Wildman–Crippen MR) is 83.0 cm³/mol.